The van der Waals surface area contributed by atoms with E-state index in [4.69, 9.17) is 0 Å². The molecule has 0 bridgehead atoms. The number of fused-ring (bicyclic) bond motifs is 1. The van der Waals surface area contributed by atoms with Crippen LogP contribution in [0.3, 0.4) is 0 Å². The maximum atomic E-state index is 12.4. The highest BCUT2D eigenvalue weighted by Gasteiger charge is 2.19. The zero-order chi connectivity index (χ0) is 17.6. The first-order valence-electron chi connectivity index (χ1n) is 8.58. The van der Waals surface area contributed by atoms with Crippen LogP contribution < -0.4 is 10.6 Å². The number of carbonyl (C=O) groups excluding carboxylic acids is 2. The van der Waals surface area contributed by atoms with E-state index in [1.807, 2.05) is 35.2 Å². The lowest BCUT2D eigenvalue weighted by Gasteiger charge is -2.29. The van der Waals surface area contributed by atoms with Crippen molar-refractivity contribution in [3.63, 3.8) is 0 Å². The second-order valence-electron chi connectivity index (χ2n) is 6.27. The summed E-state index contributed by atoms with van der Waals surface area (Å²) < 4.78 is 0. The Morgan fingerprint density at radius 2 is 1.80 bits per heavy atom. The molecule has 2 aromatic carbocycles. The summed E-state index contributed by atoms with van der Waals surface area (Å²) in [4.78, 5) is 25.5. The summed E-state index contributed by atoms with van der Waals surface area (Å²) in [5.41, 5.74) is 4.23. The average molecular weight is 337 g/mol. The van der Waals surface area contributed by atoms with Crippen LogP contribution >= 0.6 is 0 Å². The fourth-order valence-corrected chi connectivity index (χ4v) is 3.09. The number of anilines is 2. The third kappa shape index (κ3) is 4.59. The fourth-order valence-electron chi connectivity index (χ4n) is 3.09. The largest absolute Gasteiger partial charge is 0.384 e. The van der Waals surface area contributed by atoms with E-state index in [1.165, 1.54) is 18.1 Å². The lowest BCUT2D eigenvalue weighted by Crippen LogP contribution is -2.36. The number of carbonyl (C=O) groups is 2. The van der Waals surface area contributed by atoms with Crippen LogP contribution in [0.4, 0.5) is 11.4 Å². The van der Waals surface area contributed by atoms with Crippen molar-refractivity contribution in [2.45, 2.75) is 26.3 Å². The molecule has 25 heavy (non-hydrogen) atoms. The van der Waals surface area contributed by atoms with Gasteiger partial charge in [0, 0.05) is 44.4 Å². The summed E-state index contributed by atoms with van der Waals surface area (Å²) in [6.07, 6.45) is 1.38. The Bertz CT molecular complexity index is 773. The quantitative estimate of drug-likeness (QED) is 0.881. The van der Waals surface area contributed by atoms with Crippen LogP contribution in [0.15, 0.2) is 48.5 Å². The predicted octanol–water partition coefficient (Wildman–Crippen LogP) is 3.03. The van der Waals surface area contributed by atoms with Gasteiger partial charge >= 0.3 is 0 Å². The molecule has 0 spiro atoms. The third-order valence-corrected chi connectivity index (χ3v) is 4.33. The van der Waals surface area contributed by atoms with Gasteiger partial charge in [0.05, 0.1) is 0 Å². The topological polar surface area (TPSA) is 61.4 Å². The van der Waals surface area contributed by atoms with Gasteiger partial charge in [0.25, 0.3) is 0 Å². The van der Waals surface area contributed by atoms with Gasteiger partial charge in [0.15, 0.2) is 0 Å². The molecule has 2 N–H and O–H groups in total. The highest BCUT2D eigenvalue weighted by molar-refractivity contribution is 5.89. The monoisotopic (exact) mass is 337 g/mol. The van der Waals surface area contributed by atoms with Crippen LogP contribution in [0.5, 0.6) is 0 Å². The van der Waals surface area contributed by atoms with E-state index in [0.717, 1.165) is 24.3 Å². The first-order chi connectivity index (χ1) is 12.1. The molecule has 0 aliphatic carbocycles. The molecule has 130 valence electrons. The Morgan fingerprint density at radius 1 is 1.04 bits per heavy atom. The molecule has 5 nitrogen and oxygen atoms in total. The van der Waals surface area contributed by atoms with Crippen molar-refractivity contribution < 1.29 is 9.59 Å². The van der Waals surface area contributed by atoms with Gasteiger partial charge in [-0.05, 0) is 35.7 Å². The number of rotatable bonds is 5. The average Bonchev–Trinajstić information content (AvgIpc) is 2.61. The van der Waals surface area contributed by atoms with Crippen LogP contribution in [0, 0.1) is 0 Å². The van der Waals surface area contributed by atoms with E-state index >= 15 is 0 Å². The van der Waals surface area contributed by atoms with Crippen LogP contribution in [-0.2, 0) is 22.6 Å². The minimum Gasteiger partial charge on any atom is -0.384 e. The molecule has 0 atom stereocenters. The van der Waals surface area contributed by atoms with Crippen molar-refractivity contribution in [3.05, 3.63) is 59.7 Å². The van der Waals surface area contributed by atoms with E-state index in [-0.39, 0.29) is 11.8 Å². The van der Waals surface area contributed by atoms with Gasteiger partial charge in [-0.3, -0.25) is 9.59 Å². The number of benzene rings is 2. The Kier molecular flexibility index (Phi) is 5.33. The summed E-state index contributed by atoms with van der Waals surface area (Å²) in [6.45, 7) is 3.54. The van der Waals surface area contributed by atoms with Crippen molar-refractivity contribution >= 4 is 23.2 Å². The second-order valence-corrected chi connectivity index (χ2v) is 6.27. The highest BCUT2D eigenvalue weighted by Crippen LogP contribution is 2.19. The van der Waals surface area contributed by atoms with E-state index < -0.39 is 0 Å². The van der Waals surface area contributed by atoms with Gasteiger partial charge in [0.2, 0.25) is 11.8 Å². The van der Waals surface area contributed by atoms with Gasteiger partial charge in [-0.2, -0.15) is 0 Å². The summed E-state index contributed by atoms with van der Waals surface area (Å²) >= 11 is 0. The smallest absolute Gasteiger partial charge is 0.224 e. The molecule has 1 aliphatic heterocycles. The van der Waals surface area contributed by atoms with Gasteiger partial charge in [0.1, 0.15) is 0 Å². The van der Waals surface area contributed by atoms with Crippen molar-refractivity contribution in [1.29, 1.82) is 0 Å². The number of hydrogen-bond acceptors (Lipinski definition) is 3. The Balaban J connectivity index is 1.49. The molecule has 0 aromatic heterocycles. The van der Waals surface area contributed by atoms with E-state index in [0.29, 0.717) is 19.5 Å². The fraction of sp³-hybridized carbons (Fsp3) is 0.300. The van der Waals surface area contributed by atoms with Crippen molar-refractivity contribution in [1.82, 2.24) is 4.90 Å². The van der Waals surface area contributed by atoms with Crippen molar-refractivity contribution in [3.8, 4) is 0 Å². The molecule has 0 saturated heterocycles. The van der Waals surface area contributed by atoms with Gasteiger partial charge in [-0.15, -0.1) is 0 Å². The molecule has 5 heteroatoms. The normalized spacial score (nSPS) is 13.1. The molecular formula is C20H23N3O2. The lowest BCUT2D eigenvalue weighted by molar-refractivity contribution is -0.131. The van der Waals surface area contributed by atoms with Crippen LogP contribution in [-0.4, -0.2) is 29.8 Å². The molecule has 0 fully saturated rings. The van der Waals surface area contributed by atoms with Crippen LogP contribution in [0.1, 0.15) is 24.5 Å². The van der Waals surface area contributed by atoms with Crippen LogP contribution in [0.2, 0.25) is 0 Å². The maximum absolute atomic E-state index is 12.4. The molecule has 2 aromatic rings. The van der Waals surface area contributed by atoms with Crippen LogP contribution in [0.25, 0.3) is 0 Å². The maximum Gasteiger partial charge on any atom is 0.224 e. The Hall–Kier alpha value is -2.82. The molecule has 2 amide bonds. The summed E-state index contributed by atoms with van der Waals surface area (Å²) in [5, 5.41) is 6.00. The highest BCUT2D eigenvalue weighted by atomic mass is 16.2. The number of nitrogens with zero attached hydrogens (tertiary/aromatic N) is 1. The zero-order valence-electron chi connectivity index (χ0n) is 14.4. The molecular weight excluding hydrogens is 314 g/mol. The van der Waals surface area contributed by atoms with E-state index in [9.17, 15) is 9.59 Å². The van der Waals surface area contributed by atoms with Crippen molar-refractivity contribution in [2.24, 2.45) is 0 Å². The minimum absolute atomic E-state index is 0.0993. The first kappa shape index (κ1) is 17.0. The first-order valence-corrected chi connectivity index (χ1v) is 8.58. The molecule has 0 saturated carbocycles. The molecule has 1 aliphatic rings. The Morgan fingerprint density at radius 3 is 2.60 bits per heavy atom. The van der Waals surface area contributed by atoms with E-state index in [1.54, 1.807) is 0 Å². The summed E-state index contributed by atoms with van der Waals surface area (Å²) in [5.74, 6) is 0.0673. The summed E-state index contributed by atoms with van der Waals surface area (Å²) in [6, 6.07) is 15.8. The Labute approximate surface area is 148 Å². The number of hydrogen-bond donors (Lipinski definition) is 2. The number of nitrogens with one attached hydrogen (secondary N) is 2. The molecule has 0 unspecified atom stereocenters. The van der Waals surface area contributed by atoms with E-state index in [2.05, 4.69) is 28.8 Å². The van der Waals surface area contributed by atoms with Crippen molar-refractivity contribution in [2.75, 3.05) is 23.7 Å². The second kappa shape index (κ2) is 7.83. The molecule has 0 radical (unpaired) electrons. The predicted molar refractivity (Wildman–Crippen MR) is 99.4 cm³/mol. The third-order valence-electron chi connectivity index (χ3n) is 4.33. The molecule has 3 rings (SSSR count). The van der Waals surface area contributed by atoms with Gasteiger partial charge < -0.3 is 15.5 Å². The number of amides is 2. The standard InChI is InChI=1S/C20H23N3O2/c1-15(24)22-19-8-4-7-18(13-19)21-11-9-20(25)23-12-10-16-5-2-3-6-17(16)14-23/h2-8,13,21H,9-12,14H2,1H3,(H,22,24). The van der Waals surface area contributed by atoms with Gasteiger partial charge in [-0.1, -0.05) is 30.3 Å². The lowest BCUT2D eigenvalue weighted by atomic mass is 10.00. The minimum atomic E-state index is -0.0993. The molecule has 1 heterocycles. The SMILES string of the molecule is CC(=O)Nc1cccc(NCCC(=O)N2CCc3ccccc3C2)c1. The zero-order valence-corrected chi connectivity index (χ0v) is 14.4. The van der Waals surface area contributed by atoms with Gasteiger partial charge in [-0.25, -0.2) is 0 Å². The summed E-state index contributed by atoms with van der Waals surface area (Å²) in [7, 11) is 0.